The van der Waals surface area contributed by atoms with Crippen molar-refractivity contribution in [3.05, 3.63) is 12.2 Å². The molecule has 4 nitrogen and oxygen atoms in total. The minimum atomic E-state index is 0.244. The van der Waals surface area contributed by atoms with Crippen LogP contribution in [0.15, 0.2) is 12.2 Å². The molecule has 0 unspecified atom stereocenters. The average Bonchev–Trinajstić information content (AvgIpc) is 2.82. The lowest BCUT2D eigenvalue weighted by molar-refractivity contribution is -0.133. The van der Waals surface area contributed by atoms with E-state index in [1.807, 2.05) is 18.7 Å². The van der Waals surface area contributed by atoms with Gasteiger partial charge in [-0.15, -0.1) is 0 Å². The molecule has 0 aromatic heterocycles. The van der Waals surface area contributed by atoms with Crippen LogP contribution in [0.4, 0.5) is 0 Å². The molecule has 0 radical (unpaired) electrons. The van der Waals surface area contributed by atoms with E-state index >= 15 is 0 Å². The van der Waals surface area contributed by atoms with Crippen LogP contribution in [0.25, 0.3) is 0 Å². The minimum Gasteiger partial charge on any atom is -0.338 e. The van der Waals surface area contributed by atoms with E-state index in [2.05, 4.69) is 23.3 Å². The van der Waals surface area contributed by atoms with Crippen molar-refractivity contribution in [1.82, 2.24) is 14.7 Å². The van der Waals surface area contributed by atoms with Crippen LogP contribution >= 0.6 is 0 Å². The Balaban J connectivity index is 1.91. The highest BCUT2D eigenvalue weighted by atomic mass is 16.2. The maximum Gasteiger partial charge on any atom is 0.237 e. The van der Waals surface area contributed by atoms with E-state index in [-0.39, 0.29) is 5.91 Å². The first kappa shape index (κ1) is 15.5. The summed E-state index contributed by atoms with van der Waals surface area (Å²) >= 11 is 0. The maximum absolute atomic E-state index is 12.4. The molecule has 0 aliphatic carbocycles. The molecular weight excluding hydrogens is 250 g/mol. The van der Waals surface area contributed by atoms with Gasteiger partial charge in [0.15, 0.2) is 0 Å². The number of amides is 1. The number of hydrogen-bond acceptors (Lipinski definition) is 3. The second-order valence-electron chi connectivity index (χ2n) is 6.43. The van der Waals surface area contributed by atoms with Gasteiger partial charge in [-0.05, 0) is 40.2 Å². The third-order valence-corrected chi connectivity index (χ3v) is 4.60. The zero-order valence-corrected chi connectivity index (χ0v) is 13.3. The number of rotatable bonds is 5. The smallest absolute Gasteiger partial charge is 0.237 e. The summed E-state index contributed by atoms with van der Waals surface area (Å²) in [6.07, 6.45) is 2.61. The number of fused-ring (bicyclic) bond motifs is 1. The number of likely N-dealkylation sites (N-methyl/N-ethyl adjacent to an activating group) is 1. The number of carbonyl (C=O) groups excluding carboxylic acids is 1. The summed E-state index contributed by atoms with van der Waals surface area (Å²) < 4.78 is 0. The van der Waals surface area contributed by atoms with E-state index in [1.54, 1.807) is 0 Å². The first-order valence-electron chi connectivity index (χ1n) is 7.91. The van der Waals surface area contributed by atoms with E-state index in [4.69, 9.17) is 0 Å². The Labute approximate surface area is 123 Å². The van der Waals surface area contributed by atoms with Crippen molar-refractivity contribution < 1.29 is 4.79 Å². The Hall–Kier alpha value is -0.870. The fraction of sp³-hybridized carbons (Fsp3) is 0.812. The zero-order valence-electron chi connectivity index (χ0n) is 13.3. The standard InChI is InChI=1S/C16H29N3O/c1-5-17(9-13(2)3)16(20)12-19-11-15-7-6-8-18(15)10-14(19)4/h14-15H,2,5-12H2,1,3-4H3/t14-,15+/m0/s1. The summed E-state index contributed by atoms with van der Waals surface area (Å²) in [6, 6.07) is 1.16. The molecule has 2 aliphatic heterocycles. The lowest BCUT2D eigenvalue weighted by atomic mass is 10.1. The van der Waals surface area contributed by atoms with Crippen molar-refractivity contribution >= 4 is 5.91 Å². The van der Waals surface area contributed by atoms with Crippen molar-refractivity contribution in [1.29, 1.82) is 0 Å². The summed E-state index contributed by atoms with van der Waals surface area (Å²) in [5.74, 6) is 0.244. The highest BCUT2D eigenvalue weighted by Gasteiger charge is 2.35. The van der Waals surface area contributed by atoms with Crippen molar-refractivity contribution in [3.8, 4) is 0 Å². The SMILES string of the molecule is C=C(C)CN(CC)C(=O)CN1C[C@H]2CCCN2C[C@@H]1C. The van der Waals surface area contributed by atoms with Crippen LogP contribution in [0.5, 0.6) is 0 Å². The average molecular weight is 279 g/mol. The normalized spacial score (nSPS) is 27.4. The number of nitrogens with zero attached hydrogens (tertiary/aromatic N) is 3. The molecule has 2 atom stereocenters. The first-order chi connectivity index (χ1) is 9.51. The van der Waals surface area contributed by atoms with Gasteiger partial charge in [0, 0.05) is 38.3 Å². The van der Waals surface area contributed by atoms with E-state index in [1.165, 1.54) is 19.4 Å². The minimum absolute atomic E-state index is 0.244. The molecular formula is C16H29N3O. The highest BCUT2D eigenvalue weighted by molar-refractivity contribution is 5.78. The van der Waals surface area contributed by atoms with Gasteiger partial charge < -0.3 is 4.90 Å². The van der Waals surface area contributed by atoms with E-state index in [0.717, 1.165) is 25.2 Å². The zero-order chi connectivity index (χ0) is 14.7. The molecule has 0 aromatic carbocycles. The van der Waals surface area contributed by atoms with E-state index < -0.39 is 0 Å². The van der Waals surface area contributed by atoms with Crippen molar-refractivity contribution in [2.75, 3.05) is 39.3 Å². The Kier molecular flexibility index (Phi) is 5.22. The molecule has 2 saturated heterocycles. The highest BCUT2D eigenvalue weighted by Crippen LogP contribution is 2.24. The number of hydrogen-bond donors (Lipinski definition) is 0. The van der Waals surface area contributed by atoms with Gasteiger partial charge in [0.25, 0.3) is 0 Å². The summed E-state index contributed by atoms with van der Waals surface area (Å²) in [4.78, 5) is 19.3. The molecule has 20 heavy (non-hydrogen) atoms. The lowest BCUT2D eigenvalue weighted by Gasteiger charge is -2.42. The molecule has 0 saturated carbocycles. The molecule has 1 amide bonds. The van der Waals surface area contributed by atoms with Crippen LogP contribution < -0.4 is 0 Å². The van der Waals surface area contributed by atoms with Gasteiger partial charge >= 0.3 is 0 Å². The van der Waals surface area contributed by atoms with E-state index in [9.17, 15) is 4.79 Å². The molecule has 0 spiro atoms. The third kappa shape index (κ3) is 3.61. The number of piperazine rings is 1. The van der Waals surface area contributed by atoms with E-state index in [0.29, 0.717) is 25.2 Å². The van der Waals surface area contributed by atoms with Gasteiger partial charge in [-0.1, -0.05) is 12.2 Å². The predicted octanol–water partition coefficient (Wildman–Crippen LogP) is 1.58. The Morgan fingerprint density at radius 3 is 2.80 bits per heavy atom. The van der Waals surface area contributed by atoms with Gasteiger partial charge in [-0.3, -0.25) is 14.6 Å². The maximum atomic E-state index is 12.4. The molecule has 114 valence electrons. The van der Waals surface area contributed by atoms with Gasteiger partial charge in [0.2, 0.25) is 5.91 Å². The third-order valence-electron chi connectivity index (χ3n) is 4.60. The molecule has 0 bridgehead atoms. The van der Waals surface area contributed by atoms with Gasteiger partial charge in [-0.2, -0.15) is 0 Å². The second kappa shape index (κ2) is 6.72. The topological polar surface area (TPSA) is 26.8 Å². The second-order valence-corrected chi connectivity index (χ2v) is 6.43. The molecule has 2 heterocycles. The Bertz CT molecular complexity index is 369. The summed E-state index contributed by atoms with van der Waals surface area (Å²) in [5.41, 5.74) is 1.05. The largest absolute Gasteiger partial charge is 0.338 e. The van der Waals surface area contributed by atoms with Crippen molar-refractivity contribution in [3.63, 3.8) is 0 Å². The predicted molar refractivity (Wildman–Crippen MR) is 82.7 cm³/mol. The van der Waals surface area contributed by atoms with Crippen LogP contribution in [-0.2, 0) is 4.79 Å². The molecule has 4 heteroatoms. The monoisotopic (exact) mass is 279 g/mol. The van der Waals surface area contributed by atoms with Gasteiger partial charge in [0.05, 0.1) is 6.54 Å². The Morgan fingerprint density at radius 1 is 1.40 bits per heavy atom. The van der Waals surface area contributed by atoms with Gasteiger partial charge in [-0.25, -0.2) is 0 Å². The molecule has 2 rings (SSSR count). The van der Waals surface area contributed by atoms with Gasteiger partial charge in [0.1, 0.15) is 0 Å². The lowest BCUT2D eigenvalue weighted by Crippen LogP contribution is -2.57. The molecule has 2 fully saturated rings. The first-order valence-corrected chi connectivity index (χ1v) is 7.91. The summed E-state index contributed by atoms with van der Waals surface area (Å²) in [5, 5.41) is 0. The van der Waals surface area contributed by atoms with Crippen LogP contribution in [0.2, 0.25) is 0 Å². The fourth-order valence-corrected chi connectivity index (χ4v) is 3.44. The van der Waals surface area contributed by atoms with Crippen molar-refractivity contribution in [2.45, 2.75) is 45.7 Å². The number of carbonyl (C=O) groups is 1. The fourth-order valence-electron chi connectivity index (χ4n) is 3.44. The molecule has 0 N–H and O–H groups in total. The quantitative estimate of drug-likeness (QED) is 0.715. The van der Waals surface area contributed by atoms with Crippen molar-refractivity contribution in [2.24, 2.45) is 0 Å². The molecule has 2 aliphatic rings. The van der Waals surface area contributed by atoms with Crippen LogP contribution in [-0.4, -0.2) is 72.0 Å². The molecule has 0 aromatic rings. The Morgan fingerprint density at radius 2 is 2.15 bits per heavy atom. The van der Waals surface area contributed by atoms with Crippen LogP contribution in [0.3, 0.4) is 0 Å². The van der Waals surface area contributed by atoms with Crippen LogP contribution in [0, 0.1) is 0 Å². The summed E-state index contributed by atoms with van der Waals surface area (Å²) in [6.45, 7) is 15.6. The summed E-state index contributed by atoms with van der Waals surface area (Å²) in [7, 11) is 0. The van der Waals surface area contributed by atoms with Crippen LogP contribution in [0.1, 0.15) is 33.6 Å².